The van der Waals surface area contributed by atoms with Gasteiger partial charge in [0.05, 0.1) is 11.6 Å². The second kappa shape index (κ2) is 7.65. The van der Waals surface area contributed by atoms with Gasteiger partial charge in [-0.3, -0.25) is 20.4 Å². The van der Waals surface area contributed by atoms with Crippen molar-refractivity contribution in [2.45, 2.75) is 13.0 Å². The van der Waals surface area contributed by atoms with Crippen molar-refractivity contribution in [2.24, 2.45) is 0 Å². The summed E-state index contributed by atoms with van der Waals surface area (Å²) in [5.74, 6) is -0.582. The highest BCUT2D eigenvalue weighted by Crippen LogP contribution is 2.13. The Morgan fingerprint density at radius 3 is 2.29 bits per heavy atom. The van der Waals surface area contributed by atoms with Crippen LogP contribution in [0.1, 0.15) is 22.8 Å². The van der Waals surface area contributed by atoms with E-state index in [2.05, 4.69) is 10.9 Å². The molecule has 2 rings (SSSR count). The Balaban J connectivity index is 1.85. The van der Waals surface area contributed by atoms with Crippen LogP contribution < -0.4 is 15.6 Å². The summed E-state index contributed by atoms with van der Waals surface area (Å²) in [6.45, 7) is 1.53. The zero-order valence-electron chi connectivity index (χ0n) is 12.8. The maximum Gasteiger partial charge on any atom is 0.279 e. The van der Waals surface area contributed by atoms with E-state index >= 15 is 0 Å². The molecular weight excluding hydrogens is 310 g/mol. The zero-order chi connectivity index (χ0) is 17.5. The van der Waals surface area contributed by atoms with Gasteiger partial charge in [0.25, 0.3) is 11.8 Å². The second-order valence-electron chi connectivity index (χ2n) is 4.89. The molecule has 0 aliphatic rings. The first-order valence-corrected chi connectivity index (χ1v) is 7.05. The number of phenolic OH excluding ortho intramolecular Hbond substituents is 1. The summed E-state index contributed by atoms with van der Waals surface area (Å²) < 4.78 is 5.42. The average Bonchev–Trinajstić information content (AvgIpc) is 2.60. The lowest BCUT2D eigenvalue weighted by molar-refractivity contribution is -0.128. The molecule has 3 N–H and O–H groups in total. The molecule has 2 amide bonds. The molecule has 0 bridgehead atoms. The average molecular weight is 325 g/mol. The lowest BCUT2D eigenvalue weighted by Crippen LogP contribution is -2.47. The van der Waals surface area contributed by atoms with Crippen molar-refractivity contribution >= 4 is 11.8 Å². The summed E-state index contributed by atoms with van der Waals surface area (Å²) in [5, 5.41) is 17.9. The third-order valence-corrected chi connectivity index (χ3v) is 3.09. The van der Waals surface area contributed by atoms with Crippen molar-refractivity contribution in [2.75, 3.05) is 0 Å². The van der Waals surface area contributed by atoms with Crippen molar-refractivity contribution in [3.8, 4) is 17.6 Å². The van der Waals surface area contributed by atoms with Crippen molar-refractivity contribution < 1.29 is 19.4 Å². The van der Waals surface area contributed by atoms with Crippen LogP contribution >= 0.6 is 0 Å². The topological polar surface area (TPSA) is 111 Å². The number of carbonyl (C=O) groups is 2. The van der Waals surface area contributed by atoms with Gasteiger partial charge in [-0.25, -0.2) is 0 Å². The van der Waals surface area contributed by atoms with E-state index in [0.29, 0.717) is 11.3 Å². The van der Waals surface area contributed by atoms with Crippen LogP contribution in [0.15, 0.2) is 48.5 Å². The largest absolute Gasteiger partial charge is 0.508 e. The van der Waals surface area contributed by atoms with Gasteiger partial charge in [-0.1, -0.05) is 0 Å². The summed E-state index contributed by atoms with van der Waals surface area (Å²) in [4.78, 5) is 23.8. The normalized spacial score (nSPS) is 11.0. The summed E-state index contributed by atoms with van der Waals surface area (Å²) in [6, 6.07) is 13.9. The van der Waals surface area contributed by atoms with E-state index < -0.39 is 17.9 Å². The van der Waals surface area contributed by atoms with Gasteiger partial charge >= 0.3 is 0 Å². The third kappa shape index (κ3) is 4.48. The van der Waals surface area contributed by atoms with Crippen molar-refractivity contribution in [3.05, 3.63) is 59.7 Å². The van der Waals surface area contributed by atoms with Crippen molar-refractivity contribution in [3.63, 3.8) is 0 Å². The number of hydrogen-bond acceptors (Lipinski definition) is 5. The lowest BCUT2D eigenvalue weighted by Gasteiger charge is -2.15. The molecule has 24 heavy (non-hydrogen) atoms. The molecule has 0 spiro atoms. The van der Waals surface area contributed by atoms with E-state index in [1.807, 2.05) is 6.07 Å². The molecule has 2 aromatic rings. The van der Waals surface area contributed by atoms with E-state index in [1.54, 1.807) is 24.3 Å². The molecule has 0 heterocycles. The minimum Gasteiger partial charge on any atom is -0.508 e. The number of nitriles is 1. The summed E-state index contributed by atoms with van der Waals surface area (Å²) in [6.07, 6.45) is -0.849. The zero-order valence-corrected chi connectivity index (χ0v) is 12.8. The number of nitrogens with zero attached hydrogens (tertiary/aromatic N) is 1. The predicted molar refractivity (Wildman–Crippen MR) is 85.0 cm³/mol. The standard InChI is InChI=1S/C17H15N3O4/c1-11(24-15-8-2-12(10-18)3-9-15)16(22)19-20-17(23)13-4-6-14(21)7-5-13/h2-9,11,21H,1H3,(H,19,22)(H,20,23)/t11-/m0/s1. The first-order chi connectivity index (χ1) is 11.5. The highest BCUT2D eigenvalue weighted by Gasteiger charge is 2.16. The van der Waals surface area contributed by atoms with Crippen LogP contribution in [0.4, 0.5) is 0 Å². The maximum atomic E-state index is 11.9. The first-order valence-electron chi connectivity index (χ1n) is 7.05. The van der Waals surface area contributed by atoms with Gasteiger partial charge in [0.2, 0.25) is 0 Å². The monoisotopic (exact) mass is 325 g/mol. The highest BCUT2D eigenvalue weighted by atomic mass is 16.5. The van der Waals surface area contributed by atoms with Crippen LogP contribution in [0.3, 0.4) is 0 Å². The number of carbonyl (C=O) groups excluding carboxylic acids is 2. The van der Waals surface area contributed by atoms with Gasteiger partial charge in [-0.2, -0.15) is 5.26 Å². The Kier molecular flexibility index (Phi) is 5.36. The Labute approximate surface area is 138 Å². The molecular formula is C17H15N3O4. The molecule has 0 saturated carbocycles. The van der Waals surface area contributed by atoms with Crippen LogP contribution in [0.2, 0.25) is 0 Å². The number of phenols is 1. The van der Waals surface area contributed by atoms with E-state index in [9.17, 15) is 9.59 Å². The SMILES string of the molecule is C[C@H](Oc1ccc(C#N)cc1)C(=O)NNC(=O)c1ccc(O)cc1. The summed E-state index contributed by atoms with van der Waals surface area (Å²) in [5.41, 5.74) is 5.29. The van der Waals surface area contributed by atoms with Crippen LogP contribution in [0.25, 0.3) is 0 Å². The van der Waals surface area contributed by atoms with Gasteiger partial charge in [-0.05, 0) is 55.5 Å². The number of rotatable bonds is 4. The first kappa shape index (κ1) is 16.8. The fourth-order valence-electron chi connectivity index (χ4n) is 1.77. The van der Waals surface area contributed by atoms with E-state index in [1.165, 1.54) is 31.2 Å². The fourth-order valence-corrected chi connectivity index (χ4v) is 1.77. The predicted octanol–water partition coefficient (Wildman–Crippen LogP) is 1.49. The quantitative estimate of drug-likeness (QED) is 0.738. The fraction of sp³-hybridized carbons (Fsp3) is 0.118. The maximum absolute atomic E-state index is 11.9. The molecule has 0 saturated heterocycles. The minimum absolute atomic E-state index is 0.0417. The Morgan fingerprint density at radius 2 is 1.71 bits per heavy atom. The van der Waals surface area contributed by atoms with E-state index in [-0.39, 0.29) is 11.3 Å². The number of amides is 2. The van der Waals surface area contributed by atoms with Gasteiger partial charge in [0.1, 0.15) is 11.5 Å². The van der Waals surface area contributed by atoms with E-state index in [0.717, 1.165) is 0 Å². The van der Waals surface area contributed by atoms with Gasteiger partial charge < -0.3 is 9.84 Å². The molecule has 0 aromatic heterocycles. The molecule has 122 valence electrons. The Morgan fingerprint density at radius 1 is 1.08 bits per heavy atom. The highest BCUT2D eigenvalue weighted by molar-refractivity contribution is 5.95. The number of benzene rings is 2. The molecule has 7 heteroatoms. The number of hydrazine groups is 1. The number of nitrogens with one attached hydrogen (secondary N) is 2. The number of aromatic hydroxyl groups is 1. The molecule has 0 aliphatic heterocycles. The molecule has 1 atom stereocenters. The van der Waals surface area contributed by atoms with Crippen LogP contribution in [-0.4, -0.2) is 23.0 Å². The molecule has 0 aliphatic carbocycles. The van der Waals surface area contributed by atoms with Crippen molar-refractivity contribution in [1.82, 2.24) is 10.9 Å². The molecule has 0 unspecified atom stereocenters. The minimum atomic E-state index is -0.849. The summed E-state index contributed by atoms with van der Waals surface area (Å²) in [7, 11) is 0. The Hall–Kier alpha value is -3.53. The lowest BCUT2D eigenvalue weighted by atomic mass is 10.2. The van der Waals surface area contributed by atoms with Crippen LogP contribution in [0, 0.1) is 11.3 Å². The smallest absolute Gasteiger partial charge is 0.279 e. The van der Waals surface area contributed by atoms with Gasteiger partial charge in [0.15, 0.2) is 6.10 Å². The number of hydrogen-bond donors (Lipinski definition) is 3. The van der Waals surface area contributed by atoms with Crippen LogP contribution in [0.5, 0.6) is 11.5 Å². The third-order valence-electron chi connectivity index (χ3n) is 3.09. The van der Waals surface area contributed by atoms with Gasteiger partial charge in [-0.15, -0.1) is 0 Å². The van der Waals surface area contributed by atoms with E-state index in [4.69, 9.17) is 15.1 Å². The molecule has 7 nitrogen and oxygen atoms in total. The van der Waals surface area contributed by atoms with Gasteiger partial charge in [0, 0.05) is 5.56 Å². The molecule has 0 fully saturated rings. The second-order valence-corrected chi connectivity index (χ2v) is 4.89. The molecule has 0 radical (unpaired) electrons. The molecule has 2 aromatic carbocycles. The number of ether oxygens (including phenoxy) is 1. The Bertz CT molecular complexity index is 764. The van der Waals surface area contributed by atoms with Crippen molar-refractivity contribution in [1.29, 1.82) is 5.26 Å². The van der Waals surface area contributed by atoms with Crippen LogP contribution in [-0.2, 0) is 4.79 Å². The summed E-state index contributed by atoms with van der Waals surface area (Å²) >= 11 is 0.